The Hall–Kier alpha value is 2.03. The number of halogens is 3. The van der Waals surface area contributed by atoms with Crippen molar-refractivity contribution in [1.82, 2.24) is 9.80 Å². The van der Waals surface area contributed by atoms with Gasteiger partial charge in [-0.2, -0.15) is 0 Å². The van der Waals surface area contributed by atoms with Gasteiger partial charge in [-0.3, -0.25) is 0 Å². The minimum absolute atomic E-state index is 0. The van der Waals surface area contributed by atoms with E-state index in [2.05, 4.69) is 110 Å². The highest BCUT2D eigenvalue weighted by molar-refractivity contribution is 14.1. The van der Waals surface area contributed by atoms with Crippen LogP contribution >= 0.6 is 22.6 Å². The van der Waals surface area contributed by atoms with Crippen LogP contribution in [0.2, 0.25) is 0 Å². The molecular formula is C35H79I3N4. The van der Waals surface area contributed by atoms with Crippen LogP contribution in [0.25, 0.3) is 0 Å². The van der Waals surface area contributed by atoms with Gasteiger partial charge in [0, 0.05) is 12.8 Å². The summed E-state index contributed by atoms with van der Waals surface area (Å²) >= 11 is 2.29. The molecule has 2 rings (SSSR count). The maximum Gasteiger partial charge on any atom is 0.0787 e. The van der Waals surface area contributed by atoms with Gasteiger partial charge in [0.1, 0.15) is 0 Å². The van der Waals surface area contributed by atoms with Crippen LogP contribution in [0.3, 0.4) is 0 Å². The summed E-state index contributed by atoms with van der Waals surface area (Å²) in [6.45, 7) is 14.5. The Labute approximate surface area is 315 Å². The summed E-state index contributed by atoms with van der Waals surface area (Å²) < 4.78 is 3.60. The Balaban J connectivity index is -0.000000299. The summed E-state index contributed by atoms with van der Waals surface area (Å²) in [4.78, 5) is 4.68. The monoisotopic (exact) mass is 936 g/mol. The summed E-state index contributed by atoms with van der Waals surface area (Å²) in [5.41, 5.74) is 1.32. The number of quaternary nitrogens is 2. The Kier molecular flexibility index (Phi) is 32.7. The summed E-state index contributed by atoms with van der Waals surface area (Å²) in [6, 6.07) is 0. The Morgan fingerprint density at radius 2 is 0.810 bits per heavy atom. The average molecular weight is 937 g/mol. The zero-order chi connectivity index (χ0) is 30.0. The normalized spacial score (nSPS) is 17.9. The van der Waals surface area contributed by atoms with Crippen molar-refractivity contribution in [2.24, 2.45) is 10.8 Å². The third kappa shape index (κ3) is 24.2. The highest BCUT2D eigenvalue weighted by Gasteiger charge is 2.35. The van der Waals surface area contributed by atoms with Gasteiger partial charge in [0.05, 0.1) is 54.4 Å². The minimum Gasteiger partial charge on any atom is -1.00 e. The van der Waals surface area contributed by atoms with Crippen molar-refractivity contribution in [3.8, 4) is 0 Å². The van der Waals surface area contributed by atoms with Crippen molar-refractivity contribution < 1.29 is 56.9 Å². The van der Waals surface area contributed by atoms with Crippen LogP contribution < -0.4 is 48.0 Å². The van der Waals surface area contributed by atoms with Crippen LogP contribution in [0.1, 0.15) is 118 Å². The summed E-state index contributed by atoms with van der Waals surface area (Å²) in [7, 11) is 18.4. The SMILES string of the molecule is C.CCI.CC[N+](C)(C)CCC1(CC[N+](C)(C)CC)CCCCC1.CN(C)CCC1(CCN(C)C)CCCCC1.[I-].[I-]. The second kappa shape index (κ2) is 27.0. The van der Waals surface area contributed by atoms with E-state index in [1.165, 1.54) is 143 Å². The molecule has 0 aliphatic heterocycles. The molecule has 0 aromatic carbocycles. The first-order valence-electron chi connectivity index (χ1n) is 16.7. The molecule has 0 atom stereocenters. The van der Waals surface area contributed by atoms with Crippen LogP contribution in [0.4, 0.5) is 0 Å². The molecule has 260 valence electrons. The van der Waals surface area contributed by atoms with E-state index in [4.69, 9.17) is 0 Å². The quantitative estimate of drug-likeness (QED) is 0.151. The van der Waals surface area contributed by atoms with Gasteiger partial charge in [-0.1, -0.05) is 75.5 Å². The van der Waals surface area contributed by atoms with Gasteiger partial charge in [0.15, 0.2) is 0 Å². The summed E-state index contributed by atoms with van der Waals surface area (Å²) in [6.07, 6.45) is 20.4. The smallest absolute Gasteiger partial charge is 0.0787 e. The standard InChI is InChI=1S/C18H40N2.C14H30N2.C2H5I.CH4.2HI/c1-7-19(3,4)16-14-18(12-10-9-11-13-18)15-17-20(5,6)8-2;1-15(2)12-10-14(11-13-16(3)4)8-6-5-7-9-14;1-2-3;;;/h7-17H2,1-6H3;5-13H2,1-4H3;2H2,1H3;1H4;2*1H/q+2;;;;;/p-2. The maximum absolute atomic E-state index is 2.39. The van der Waals surface area contributed by atoms with Crippen molar-refractivity contribution in [1.29, 1.82) is 0 Å². The molecule has 0 unspecified atom stereocenters. The minimum atomic E-state index is 0. The van der Waals surface area contributed by atoms with Gasteiger partial charge < -0.3 is 66.7 Å². The lowest BCUT2D eigenvalue weighted by Crippen LogP contribution is -3.00. The Morgan fingerprint density at radius 3 is 1.05 bits per heavy atom. The molecule has 2 saturated carbocycles. The molecule has 2 aliphatic rings. The van der Waals surface area contributed by atoms with Crippen molar-refractivity contribution in [3.63, 3.8) is 0 Å². The fraction of sp³-hybridized carbons (Fsp3) is 1.00. The highest BCUT2D eigenvalue weighted by atomic mass is 127. The van der Waals surface area contributed by atoms with Gasteiger partial charge in [-0.15, -0.1) is 0 Å². The predicted molar refractivity (Wildman–Crippen MR) is 193 cm³/mol. The summed E-state index contributed by atoms with van der Waals surface area (Å²) in [5.74, 6) is 0. The molecule has 0 bridgehead atoms. The molecule has 2 fully saturated rings. The van der Waals surface area contributed by atoms with Crippen molar-refractivity contribution in [2.75, 3.05) is 100 Å². The second-order valence-electron chi connectivity index (χ2n) is 14.9. The molecule has 0 aromatic heterocycles. The average Bonchev–Trinajstić information content (AvgIpc) is 2.91. The van der Waals surface area contributed by atoms with E-state index in [1.54, 1.807) is 0 Å². The number of rotatable bonds is 14. The number of alkyl halides is 1. The molecule has 4 nitrogen and oxygen atoms in total. The largest absolute Gasteiger partial charge is 1.00 e. The molecule has 2 aliphatic carbocycles. The fourth-order valence-electron chi connectivity index (χ4n) is 6.17. The van der Waals surface area contributed by atoms with E-state index in [1.807, 2.05) is 0 Å². The Bertz CT molecular complexity index is 549. The molecule has 42 heavy (non-hydrogen) atoms. The van der Waals surface area contributed by atoms with E-state index in [-0.39, 0.29) is 55.4 Å². The number of hydrogen-bond donors (Lipinski definition) is 0. The first kappa shape index (κ1) is 50.9. The van der Waals surface area contributed by atoms with Crippen molar-refractivity contribution in [2.45, 2.75) is 118 Å². The molecule has 0 amide bonds. The van der Waals surface area contributed by atoms with Crippen molar-refractivity contribution in [3.05, 3.63) is 0 Å². The number of nitrogens with zero attached hydrogens (tertiary/aromatic N) is 4. The van der Waals surface area contributed by atoms with Crippen LogP contribution in [-0.4, -0.2) is 119 Å². The highest BCUT2D eigenvalue weighted by Crippen LogP contribution is 2.43. The molecular weight excluding hydrogens is 857 g/mol. The van der Waals surface area contributed by atoms with Crippen LogP contribution in [0.15, 0.2) is 0 Å². The van der Waals surface area contributed by atoms with Crippen LogP contribution in [-0.2, 0) is 0 Å². The topological polar surface area (TPSA) is 6.48 Å². The lowest BCUT2D eigenvalue weighted by molar-refractivity contribution is -0.892. The zero-order valence-corrected chi connectivity index (χ0v) is 36.2. The lowest BCUT2D eigenvalue weighted by atomic mass is 9.69. The molecule has 0 radical (unpaired) electrons. The summed E-state index contributed by atoms with van der Waals surface area (Å²) in [5, 5.41) is 0. The molecule has 0 N–H and O–H groups in total. The first-order chi connectivity index (χ1) is 18.2. The second-order valence-corrected chi connectivity index (χ2v) is 16.5. The zero-order valence-electron chi connectivity index (χ0n) is 29.8. The molecule has 0 spiro atoms. The van der Waals surface area contributed by atoms with E-state index in [0.717, 1.165) is 0 Å². The van der Waals surface area contributed by atoms with Gasteiger partial charge in [-0.25, -0.2) is 0 Å². The predicted octanol–water partition coefficient (Wildman–Crippen LogP) is 2.84. The van der Waals surface area contributed by atoms with E-state index >= 15 is 0 Å². The van der Waals surface area contributed by atoms with Gasteiger partial charge in [-0.05, 0) is 109 Å². The molecule has 0 saturated heterocycles. The van der Waals surface area contributed by atoms with Crippen LogP contribution in [0, 0.1) is 10.8 Å². The maximum atomic E-state index is 2.39. The first-order valence-corrected chi connectivity index (χ1v) is 18.2. The third-order valence-electron chi connectivity index (χ3n) is 10.2. The van der Waals surface area contributed by atoms with E-state index in [9.17, 15) is 0 Å². The van der Waals surface area contributed by atoms with Gasteiger partial charge >= 0.3 is 0 Å². The fourth-order valence-corrected chi connectivity index (χ4v) is 6.17. The van der Waals surface area contributed by atoms with E-state index in [0.29, 0.717) is 10.8 Å². The van der Waals surface area contributed by atoms with E-state index < -0.39 is 0 Å². The third-order valence-corrected chi connectivity index (χ3v) is 10.2. The van der Waals surface area contributed by atoms with Gasteiger partial charge in [0.25, 0.3) is 0 Å². The van der Waals surface area contributed by atoms with Crippen molar-refractivity contribution >= 4 is 22.6 Å². The Morgan fingerprint density at radius 1 is 0.548 bits per heavy atom. The van der Waals surface area contributed by atoms with Crippen LogP contribution in [0.5, 0.6) is 0 Å². The lowest BCUT2D eigenvalue weighted by Gasteiger charge is -2.42. The molecule has 7 heteroatoms. The molecule has 0 aromatic rings. The molecule has 0 heterocycles. The van der Waals surface area contributed by atoms with Gasteiger partial charge in [0.2, 0.25) is 0 Å². The number of hydrogen-bond acceptors (Lipinski definition) is 2.